The number of nitrogens with two attached hydrogens (primary N) is 3. The normalized spacial score (nSPS) is 17.8. The van der Waals surface area contributed by atoms with Crippen LogP contribution in [0, 0.1) is 17.8 Å². The van der Waals surface area contributed by atoms with Gasteiger partial charge in [-0.1, -0.05) is 49.6 Å². The van der Waals surface area contributed by atoms with Gasteiger partial charge in [0.05, 0.1) is 39.6 Å². The Morgan fingerprint density at radius 2 is 0.872 bits per heavy atom. The van der Waals surface area contributed by atoms with Gasteiger partial charge in [-0.15, -0.1) is 0 Å². The van der Waals surface area contributed by atoms with Crippen LogP contribution < -0.4 is 17.2 Å². The molecule has 19 heteroatoms. The Hall–Kier alpha value is -0.610. The van der Waals surface area contributed by atoms with Crippen molar-refractivity contribution >= 4 is 23.5 Å². The van der Waals surface area contributed by atoms with Gasteiger partial charge in [-0.25, -0.2) is 13.7 Å². The number of hydrogen-bond donors (Lipinski definition) is 7. The average Bonchev–Trinajstić information content (AvgIpc) is 3.04. The molecule has 0 aliphatic heterocycles. The summed E-state index contributed by atoms with van der Waals surface area (Å²) in [5.74, 6) is -1.51. The third kappa shape index (κ3) is 23.4. The number of aliphatic hydroxyl groups is 1. The van der Waals surface area contributed by atoms with Crippen LogP contribution in [-0.4, -0.2) is 79.1 Å². The van der Waals surface area contributed by atoms with Gasteiger partial charge in [0, 0.05) is 24.4 Å². The Morgan fingerprint density at radius 1 is 0.532 bits per heavy atom. The highest BCUT2D eigenvalue weighted by molar-refractivity contribution is 7.47. The summed E-state index contributed by atoms with van der Waals surface area (Å²) < 4.78 is 68.5. The highest BCUT2D eigenvalue weighted by atomic mass is 31.2. The highest BCUT2D eigenvalue weighted by Gasteiger charge is 2.30. The molecule has 10 N–H and O–H groups in total. The molecule has 0 aliphatic rings. The van der Waals surface area contributed by atoms with Gasteiger partial charge in [0.25, 0.3) is 0 Å². The molecule has 1 aromatic carbocycles. The molecule has 0 saturated carbocycles. The van der Waals surface area contributed by atoms with Crippen molar-refractivity contribution in [1.82, 2.24) is 0 Å². The van der Waals surface area contributed by atoms with Crippen molar-refractivity contribution in [2.24, 2.45) is 35.0 Å². The van der Waals surface area contributed by atoms with E-state index in [1.54, 1.807) is 30.3 Å². The van der Waals surface area contributed by atoms with Crippen LogP contribution >= 0.6 is 23.5 Å². The first-order valence-corrected chi connectivity index (χ1v) is 20.4. The molecule has 0 aliphatic carbocycles. The molecule has 1 rings (SSSR count). The van der Waals surface area contributed by atoms with Crippen molar-refractivity contribution in [2.75, 3.05) is 59.3 Å². The minimum absolute atomic E-state index is 0.144. The van der Waals surface area contributed by atoms with Crippen LogP contribution in [0.25, 0.3) is 0 Å². The Kier molecular flexibility index (Phi) is 24.0. The second kappa shape index (κ2) is 25.4. The number of hydrogen-bond acceptors (Lipinski definition) is 13. The minimum Gasteiger partial charge on any atom is -0.396 e. The molecule has 0 aromatic heterocycles. The van der Waals surface area contributed by atoms with Gasteiger partial charge >= 0.3 is 23.5 Å². The van der Waals surface area contributed by atoms with E-state index in [0.29, 0.717) is 70.1 Å². The SMILES string of the molecule is NCCCCC(CO)COP(=O)(O)OCC(CCCCN)COP(=O)(O)OCC(CCCCN)COP(=O)(O)OCc1ccccc1. The summed E-state index contributed by atoms with van der Waals surface area (Å²) in [4.78, 5) is 30.7. The number of phosphoric acid groups is 3. The number of phosphoric ester groups is 3. The molecule has 1 aromatic rings. The zero-order chi connectivity index (χ0) is 35.0. The first-order valence-electron chi connectivity index (χ1n) is 16.0. The predicted octanol–water partition coefficient (Wildman–Crippen LogP) is 3.82. The average molecular weight is 736 g/mol. The van der Waals surface area contributed by atoms with E-state index in [9.17, 15) is 33.5 Å². The van der Waals surface area contributed by atoms with Crippen molar-refractivity contribution in [1.29, 1.82) is 0 Å². The summed E-state index contributed by atoms with van der Waals surface area (Å²) in [6.07, 6.45) is 5.39. The summed E-state index contributed by atoms with van der Waals surface area (Å²) in [5, 5.41) is 9.51. The zero-order valence-electron chi connectivity index (χ0n) is 27.1. The van der Waals surface area contributed by atoms with E-state index in [0.717, 1.165) is 12.8 Å². The number of benzene rings is 1. The lowest BCUT2D eigenvalue weighted by atomic mass is 10.0. The summed E-state index contributed by atoms with van der Waals surface area (Å²) >= 11 is 0. The second-order valence-electron chi connectivity index (χ2n) is 11.3. The molecule has 0 saturated heterocycles. The van der Waals surface area contributed by atoms with E-state index < -0.39 is 35.3 Å². The molecule has 0 radical (unpaired) electrons. The Bertz CT molecular complexity index is 1080. The maximum Gasteiger partial charge on any atom is 0.472 e. The highest BCUT2D eigenvalue weighted by Crippen LogP contribution is 2.48. The summed E-state index contributed by atoms with van der Waals surface area (Å²) in [5.41, 5.74) is 17.3. The molecule has 0 heterocycles. The van der Waals surface area contributed by atoms with E-state index in [1.165, 1.54) is 0 Å². The third-order valence-corrected chi connectivity index (χ3v) is 9.89. The fourth-order valence-corrected chi connectivity index (χ4v) is 6.76. The third-order valence-electron chi connectivity index (χ3n) is 7.06. The standard InChI is InChI=1S/C28H56N3O13P3/c29-15-7-4-12-26(18-32)20-40-46(35,36)42-22-28(14-6-9-17-31)24-44-47(37,38)43-23-27(13-5-8-16-30)21-41-45(33,34)39-19-25-10-2-1-3-11-25/h1-3,10-11,26-28,32H,4-9,12-24,29-31H2,(H,33,34)(H,35,36)(H,37,38). The van der Waals surface area contributed by atoms with Crippen LogP contribution in [0.5, 0.6) is 0 Å². The van der Waals surface area contributed by atoms with Crippen LogP contribution in [0.1, 0.15) is 63.4 Å². The van der Waals surface area contributed by atoms with Crippen LogP contribution in [-0.2, 0) is 47.4 Å². The van der Waals surface area contributed by atoms with Gasteiger partial charge < -0.3 is 37.0 Å². The molecule has 16 nitrogen and oxygen atoms in total. The molecule has 0 amide bonds. The van der Waals surface area contributed by atoms with Gasteiger partial charge in [-0.3, -0.25) is 27.1 Å². The lowest BCUT2D eigenvalue weighted by Crippen LogP contribution is -2.19. The van der Waals surface area contributed by atoms with E-state index in [2.05, 4.69) is 0 Å². The van der Waals surface area contributed by atoms with Gasteiger partial charge in [0.2, 0.25) is 0 Å². The molecule has 0 fully saturated rings. The molecule has 6 unspecified atom stereocenters. The summed E-state index contributed by atoms with van der Waals surface area (Å²) in [6, 6.07) is 8.79. The van der Waals surface area contributed by atoms with Gasteiger partial charge in [-0.2, -0.15) is 0 Å². The maximum atomic E-state index is 12.8. The fourth-order valence-electron chi connectivity index (χ4n) is 4.23. The number of rotatable bonds is 31. The molecular formula is C28H56N3O13P3. The van der Waals surface area contributed by atoms with E-state index in [1.807, 2.05) is 0 Å². The van der Waals surface area contributed by atoms with Crippen LogP contribution in [0.3, 0.4) is 0 Å². The number of aliphatic hydroxyl groups excluding tert-OH is 1. The Morgan fingerprint density at radius 3 is 1.23 bits per heavy atom. The lowest BCUT2D eigenvalue weighted by molar-refractivity contribution is 0.0672. The largest absolute Gasteiger partial charge is 0.472 e. The predicted molar refractivity (Wildman–Crippen MR) is 177 cm³/mol. The summed E-state index contributed by atoms with van der Waals surface area (Å²) in [7, 11) is -13.6. The van der Waals surface area contributed by atoms with Crippen LogP contribution in [0.2, 0.25) is 0 Å². The van der Waals surface area contributed by atoms with Crippen molar-refractivity contribution in [3.8, 4) is 0 Å². The summed E-state index contributed by atoms with van der Waals surface area (Å²) in [6.45, 7) is -0.514. The molecular weight excluding hydrogens is 679 g/mol. The van der Waals surface area contributed by atoms with Crippen molar-refractivity contribution in [3.05, 3.63) is 35.9 Å². The fraction of sp³-hybridized carbons (Fsp3) is 0.786. The zero-order valence-corrected chi connectivity index (χ0v) is 29.8. The Balaban J connectivity index is 2.68. The Labute approximate surface area is 278 Å². The second-order valence-corrected chi connectivity index (χ2v) is 15.6. The van der Waals surface area contributed by atoms with Gasteiger partial charge in [0.1, 0.15) is 0 Å². The number of unbranched alkanes of at least 4 members (excludes halogenated alkanes) is 3. The van der Waals surface area contributed by atoms with Crippen molar-refractivity contribution < 1.29 is 60.6 Å². The van der Waals surface area contributed by atoms with Crippen LogP contribution in [0.4, 0.5) is 0 Å². The quantitative estimate of drug-likeness (QED) is 0.0422. The topological polar surface area (TPSA) is 266 Å². The molecule has 6 atom stereocenters. The maximum absolute atomic E-state index is 12.8. The lowest BCUT2D eigenvalue weighted by Gasteiger charge is -2.23. The molecule has 276 valence electrons. The van der Waals surface area contributed by atoms with Crippen LogP contribution in [0.15, 0.2) is 30.3 Å². The molecule has 0 bridgehead atoms. The van der Waals surface area contributed by atoms with Crippen molar-refractivity contribution in [2.45, 2.75) is 64.4 Å². The molecule has 0 spiro atoms. The van der Waals surface area contributed by atoms with E-state index in [-0.39, 0.29) is 52.2 Å². The minimum atomic E-state index is -4.63. The van der Waals surface area contributed by atoms with Gasteiger partial charge in [-0.05, 0) is 63.7 Å². The van der Waals surface area contributed by atoms with Crippen molar-refractivity contribution in [3.63, 3.8) is 0 Å². The smallest absolute Gasteiger partial charge is 0.396 e. The first-order chi connectivity index (χ1) is 22.3. The van der Waals surface area contributed by atoms with E-state index >= 15 is 0 Å². The van der Waals surface area contributed by atoms with E-state index in [4.69, 9.17) is 44.3 Å². The van der Waals surface area contributed by atoms with Gasteiger partial charge in [0.15, 0.2) is 0 Å². The monoisotopic (exact) mass is 735 g/mol. The molecule has 47 heavy (non-hydrogen) atoms. The first kappa shape index (κ1) is 44.4.